The van der Waals surface area contributed by atoms with Crippen LogP contribution in [0.4, 0.5) is 4.39 Å². The minimum absolute atomic E-state index is 0.00277. The molecule has 0 saturated carbocycles. The standard InChI is InChI=1S/C19H21FN2S/c1-13(14-8-6-11-21-19(14)20)18-15-7-4-5-9-16(15)23-17(18)10-12-22(2)3/h4-9,11,13H,10,12H2,1-3H3/t13-/m0/s1. The summed E-state index contributed by atoms with van der Waals surface area (Å²) in [5, 5.41) is 1.24. The number of aromatic nitrogens is 1. The second kappa shape index (κ2) is 6.77. The quantitative estimate of drug-likeness (QED) is 0.632. The van der Waals surface area contributed by atoms with E-state index in [4.69, 9.17) is 0 Å². The third-order valence-electron chi connectivity index (χ3n) is 4.18. The Morgan fingerprint density at radius 3 is 2.70 bits per heavy atom. The van der Waals surface area contributed by atoms with Gasteiger partial charge in [-0.3, -0.25) is 0 Å². The predicted molar refractivity (Wildman–Crippen MR) is 95.8 cm³/mol. The molecule has 1 atom stereocenters. The second-order valence-corrected chi connectivity index (χ2v) is 7.23. The van der Waals surface area contributed by atoms with Crippen molar-refractivity contribution in [2.24, 2.45) is 0 Å². The van der Waals surface area contributed by atoms with Crippen LogP contribution in [0.3, 0.4) is 0 Å². The third kappa shape index (κ3) is 3.28. The fourth-order valence-corrected chi connectivity index (χ4v) is 4.27. The van der Waals surface area contributed by atoms with E-state index in [1.807, 2.05) is 23.5 Å². The van der Waals surface area contributed by atoms with E-state index in [1.165, 1.54) is 26.7 Å². The number of likely N-dealkylation sites (N-methyl/N-ethyl adjacent to an activating group) is 1. The van der Waals surface area contributed by atoms with Crippen molar-refractivity contribution in [3.05, 3.63) is 64.5 Å². The topological polar surface area (TPSA) is 16.1 Å². The highest BCUT2D eigenvalue weighted by molar-refractivity contribution is 7.19. The lowest BCUT2D eigenvalue weighted by Crippen LogP contribution is -2.15. The molecule has 3 rings (SSSR count). The van der Waals surface area contributed by atoms with Crippen molar-refractivity contribution in [2.45, 2.75) is 19.3 Å². The fourth-order valence-electron chi connectivity index (χ4n) is 2.98. The lowest BCUT2D eigenvalue weighted by Gasteiger charge is -2.16. The minimum Gasteiger partial charge on any atom is -0.309 e. The Balaban J connectivity index is 2.10. The lowest BCUT2D eigenvalue weighted by molar-refractivity contribution is 0.414. The zero-order valence-corrected chi connectivity index (χ0v) is 14.5. The number of rotatable bonds is 5. The van der Waals surface area contributed by atoms with Gasteiger partial charge in [0.25, 0.3) is 0 Å². The first kappa shape index (κ1) is 16.1. The van der Waals surface area contributed by atoms with Crippen LogP contribution in [-0.4, -0.2) is 30.5 Å². The van der Waals surface area contributed by atoms with E-state index in [1.54, 1.807) is 0 Å². The molecule has 4 heteroatoms. The largest absolute Gasteiger partial charge is 0.309 e. The Bertz CT molecular complexity index is 810. The molecule has 0 aliphatic carbocycles. The van der Waals surface area contributed by atoms with E-state index in [0.29, 0.717) is 5.56 Å². The summed E-state index contributed by atoms with van der Waals surface area (Å²) in [7, 11) is 4.16. The molecule has 2 nitrogen and oxygen atoms in total. The number of pyridine rings is 1. The van der Waals surface area contributed by atoms with Crippen molar-refractivity contribution in [2.75, 3.05) is 20.6 Å². The molecule has 0 N–H and O–H groups in total. The Labute approximate surface area is 140 Å². The molecule has 3 aromatic rings. The molecule has 2 aromatic heterocycles. The monoisotopic (exact) mass is 328 g/mol. The van der Waals surface area contributed by atoms with Crippen LogP contribution in [0, 0.1) is 5.95 Å². The van der Waals surface area contributed by atoms with Gasteiger partial charge < -0.3 is 4.90 Å². The van der Waals surface area contributed by atoms with Crippen LogP contribution in [0.15, 0.2) is 42.6 Å². The zero-order chi connectivity index (χ0) is 16.4. The molecular formula is C19H21FN2S. The summed E-state index contributed by atoms with van der Waals surface area (Å²) < 4.78 is 15.4. The molecule has 0 aliphatic rings. The third-order valence-corrected chi connectivity index (χ3v) is 5.43. The zero-order valence-electron chi connectivity index (χ0n) is 13.7. The fraction of sp³-hybridized carbons (Fsp3) is 0.316. The first-order valence-corrected chi connectivity index (χ1v) is 8.65. The van der Waals surface area contributed by atoms with Crippen LogP contribution in [0.25, 0.3) is 10.1 Å². The molecule has 0 radical (unpaired) electrons. The van der Waals surface area contributed by atoms with Gasteiger partial charge in [-0.05, 0) is 43.6 Å². The summed E-state index contributed by atoms with van der Waals surface area (Å²) in [6.45, 7) is 3.07. The van der Waals surface area contributed by atoms with Crippen LogP contribution in [-0.2, 0) is 6.42 Å². The number of nitrogens with zero attached hydrogens (tertiary/aromatic N) is 2. The summed E-state index contributed by atoms with van der Waals surface area (Å²) in [5.74, 6) is -0.370. The maximum atomic E-state index is 14.2. The summed E-state index contributed by atoms with van der Waals surface area (Å²) in [5.41, 5.74) is 1.92. The first-order valence-electron chi connectivity index (χ1n) is 7.83. The number of thiophene rings is 1. The summed E-state index contributed by atoms with van der Waals surface area (Å²) in [6, 6.07) is 12.1. The molecule has 23 heavy (non-hydrogen) atoms. The van der Waals surface area contributed by atoms with Gasteiger partial charge >= 0.3 is 0 Å². The van der Waals surface area contributed by atoms with Gasteiger partial charge in [-0.1, -0.05) is 31.2 Å². The van der Waals surface area contributed by atoms with E-state index < -0.39 is 0 Å². The molecule has 1 aromatic carbocycles. The second-order valence-electron chi connectivity index (χ2n) is 6.09. The lowest BCUT2D eigenvalue weighted by atomic mass is 9.91. The maximum Gasteiger partial charge on any atom is 0.216 e. The number of benzene rings is 1. The number of hydrogen-bond acceptors (Lipinski definition) is 3. The van der Waals surface area contributed by atoms with Crippen molar-refractivity contribution in [3.63, 3.8) is 0 Å². The molecule has 2 heterocycles. The van der Waals surface area contributed by atoms with Crippen LogP contribution in [0.5, 0.6) is 0 Å². The minimum atomic E-state index is -0.367. The molecule has 0 bridgehead atoms. The molecule has 0 unspecified atom stereocenters. The van der Waals surface area contributed by atoms with Gasteiger partial charge in [-0.2, -0.15) is 4.39 Å². The highest BCUT2D eigenvalue weighted by atomic mass is 32.1. The van der Waals surface area contributed by atoms with Gasteiger partial charge in [0.2, 0.25) is 5.95 Å². The van der Waals surface area contributed by atoms with Crippen molar-refractivity contribution in [1.29, 1.82) is 0 Å². The predicted octanol–water partition coefficient (Wildman–Crippen LogP) is 4.69. The molecule has 0 aliphatic heterocycles. The van der Waals surface area contributed by atoms with E-state index in [-0.39, 0.29) is 11.9 Å². The molecular weight excluding hydrogens is 307 g/mol. The molecule has 0 saturated heterocycles. The van der Waals surface area contributed by atoms with E-state index >= 15 is 0 Å². The van der Waals surface area contributed by atoms with E-state index in [9.17, 15) is 4.39 Å². The highest BCUT2D eigenvalue weighted by Crippen LogP contribution is 2.39. The van der Waals surface area contributed by atoms with Gasteiger partial charge in [-0.25, -0.2) is 4.98 Å². The summed E-state index contributed by atoms with van der Waals surface area (Å²) in [4.78, 5) is 7.35. The number of fused-ring (bicyclic) bond motifs is 1. The van der Waals surface area contributed by atoms with E-state index in [0.717, 1.165) is 13.0 Å². The van der Waals surface area contributed by atoms with Crippen molar-refractivity contribution in [1.82, 2.24) is 9.88 Å². The molecule has 0 fully saturated rings. The van der Waals surface area contributed by atoms with Crippen molar-refractivity contribution in [3.8, 4) is 0 Å². The van der Waals surface area contributed by atoms with Crippen molar-refractivity contribution < 1.29 is 4.39 Å². The maximum absolute atomic E-state index is 14.2. The van der Waals surface area contributed by atoms with E-state index in [2.05, 4.69) is 55.2 Å². The number of halogens is 1. The highest BCUT2D eigenvalue weighted by Gasteiger charge is 2.21. The summed E-state index contributed by atoms with van der Waals surface area (Å²) in [6.07, 6.45) is 2.48. The normalized spacial score (nSPS) is 12.9. The molecule has 0 amide bonds. The van der Waals surface area contributed by atoms with Gasteiger partial charge in [0.15, 0.2) is 0 Å². The van der Waals surface area contributed by atoms with Gasteiger partial charge in [0.05, 0.1) is 0 Å². The van der Waals surface area contributed by atoms with Crippen LogP contribution < -0.4 is 0 Å². The number of hydrogen-bond donors (Lipinski definition) is 0. The van der Waals surface area contributed by atoms with Crippen molar-refractivity contribution >= 4 is 21.4 Å². The van der Waals surface area contributed by atoms with Gasteiger partial charge in [0.1, 0.15) is 0 Å². The summed E-state index contributed by atoms with van der Waals surface area (Å²) >= 11 is 1.83. The van der Waals surface area contributed by atoms with Crippen LogP contribution in [0.1, 0.15) is 28.8 Å². The average molecular weight is 328 g/mol. The Hall–Kier alpha value is -1.78. The first-order chi connectivity index (χ1) is 11.1. The van der Waals surface area contributed by atoms with Crippen LogP contribution in [0.2, 0.25) is 0 Å². The Morgan fingerprint density at radius 1 is 1.17 bits per heavy atom. The Morgan fingerprint density at radius 2 is 1.96 bits per heavy atom. The smallest absolute Gasteiger partial charge is 0.216 e. The van der Waals surface area contributed by atoms with Gasteiger partial charge in [0, 0.05) is 33.8 Å². The van der Waals surface area contributed by atoms with Gasteiger partial charge in [-0.15, -0.1) is 11.3 Å². The average Bonchev–Trinajstić information content (AvgIpc) is 2.91. The Kier molecular flexibility index (Phi) is 4.74. The molecule has 0 spiro atoms. The molecule has 120 valence electrons. The SMILES string of the molecule is C[C@@H](c1cccnc1F)c1c(CCN(C)C)sc2ccccc12. The van der Waals surface area contributed by atoms with Crippen LogP contribution >= 0.6 is 11.3 Å².